The summed E-state index contributed by atoms with van der Waals surface area (Å²) in [5.74, 6) is 0.0826. The zero-order chi connectivity index (χ0) is 21.3. The van der Waals surface area contributed by atoms with Gasteiger partial charge in [0.25, 0.3) is 5.91 Å². The van der Waals surface area contributed by atoms with E-state index < -0.39 is 0 Å². The first kappa shape index (κ1) is 20.5. The summed E-state index contributed by atoms with van der Waals surface area (Å²) in [7, 11) is 1.82. The van der Waals surface area contributed by atoms with E-state index in [-0.39, 0.29) is 11.5 Å². The SMILES string of the molecule is Cn1nccc1C(=O)N1CCC2(CC1)CC(N1CCN(c3ccccc3)CC1)CCO2. The van der Waals surface area contributed by atoms with Crippen LogP contribution < -0.4 is 4.90 Å². The number of carbonyl (C=O) groups excluding carboxylic acids is 1. The number of nitrogens with zero attached hydrogens (tertiary/aromatic N) is 5. The van der Waals surface area contributed by atoms with Gasteiger partial charge >= 0.3 is 0 Å². The van der Waals surface area contributed by atoms with Gasteiger partial charge in [0.2, 0.25) is 0 Å². The number of hydrogen-bond donors (Lipinski definition) is 0. The lowest BCUT2D eigenvalue weighted by atomic mass is 9.81. The lowest BCUT2D eigenvalue weighted by Gasteiger charge is -2.49. The van der Waals surface area contributed by atoms with E-state index in [1.54, 1.807) is 16.9 Å². The Morgan fingerprint density at radius 1 is 1.03 bits per heavy atom. The van der Waals surface area contributed by atoms with Gasteiger partial charge in [-0.3, -0.25) is 14.4 Å². The van der Waals surface area contributed by atoms with Gasteiger partial charge in [0, 0.05) is 70.8 Å². The monoisotopic (exact) mass is 423 g/mol. The third-order valence-corrected chi connectivity index (χ3v) is 7.42. The average Bonchev–Trinajstić information content (AvgIpc) is 3.26. The number of ether oxygens (including phenoxy) is 1. The highest BCUT2D eigenvalue weighted by atomic mass is 16.5. The lowest BCUT2D eigenvalue weighted by Crippen LogP contribution is -2.57. The molecule has 1 amide bonds. The first-order valence-corrected chi connectivity index (χ1v) is 11.6. The van der Waals surface area contributed by atoms with Gasteiger partial charge in [-0.05, 0) is 43.9 Å². The maximum absolute atomic E-state index is 12.8. The van der Waals surface area contributed by atoms with Crippen LogP contribution in [0.5, 0.6) is 0 Å². The van der Waals surface area contributed by atoms with Crippen molar-refractivity contribution < 1.29 is 9.53 Å². The third-order valence-electron chi connectivity index (χ3n) is 7.42. The number of piperidine rings is 1. The first-order valence-electron chi connectivity index (χ1n) is 11.6. The number of likely N-dealkylation sites (tertiary alicyclic amines) is 1. The molecule has 0 N–H and O–H groups in total. The molecule has 1 unspecified atom stereocenters. The molecule has 7 heteroatoms. The van der Waals surface area contributed by atoms with Crippen molar-refractivity contribution >= 4 is 11.6 Å². The van der Waals surface area contributed by atoms with Gasteiger partial charge in [-0.2, -0.15) is 5.10 Å². The van der Waals surface area contributed by atoms with Crippen molar-refractivity contribution in [3.63, 3.8) is 0 Å². The van der Waals surface area contributed by atoms with Crippen LogP contribution in [0, 0.1) is 0 Å². The molecule has 1 aromatic heterocycles. The highest BCUT2D eigenvalue weighted by Gasteiger charge is 2.43. The Morgan fingerprint density at radius 3 is 2.45 bits per heavy atom. The van der Waals surface area contributed by atoms with E-state index in [0.717, 1.165) is 71.6 Å². The molecule has 0 saturated carbocycles. The molecular formula is C24H33N5O2. The summed E-state index contributed by atoms with van der Waals surface area (Å²) in [6, 6.07) is 13.1. The molecule has 2 aromatic rings. The third kappa shape index (κ3) is 4.21. The van der Waals surface area contributed by atoms with Crippen LogP contribution >= 0.6 is 0 Å². The molecule has 5 rings (SSSR count). The summed E-state index contributed by atoms with van der Waals surface area (Å²) in [5, 5.41) is 4.14. The van der Waals surface area contributed by atoms with E-state index in [1.165, 1.54) is 5.69 Å². The van der Waals surface area contributed by atoms with E-state index in [4.69, 9.17) is 4.74 Å². The Balaban J connectivity index is 1.16. The summed E-state index contributed by atoms with van der Waals surface area (Å²) < 4.78 is 8.03. The van der Waals surface area contributed by atoms with Crippen LogP contribution in [0.3, 0.4) is 0 Å². The molecule has 3 aliphatic heterocycles. The molecular weight excluding hydrogens is 390 g/mol. The molecule has 0 aliphatic carbocycles. The minimum absolute atomic E-state index is 0.0667. The number of amides is 1. The number of hydrogen-bond acceptors (Lipinski definition) is 5. The number of benzene rings is 1. The maximum atomic E-state index is 12.8. The summed E-state index contributed by atoms with van der Waals surface area (Å²) in [6.07, 6.45) is 5.75. The lowest BCUT2D eigenvalue weighted by molar-refractivity contribution is -0.130. The van der Waals surface area contributed by atoms with Crippen LogP contribution in [0.4, 0.5) is 5.69 Å². The highest BCUT2D eigenvalue weighted by molar-refractivity contribution is 5.92. The molecule has 3 saturated heterocycles. The van der Waals surface area contributed by atoms with Crippen LogP contribution in [0.2, 0.25) is 0 Å². The molecule has 1 aromatic carbocycles. The van der Waals surface area contributed by atoms with Crippen LogP contribution in [0.15, 0.2) is 42.6 Å². The number of piperazine rings is 1. The van der Waals surface area contributed by atoms with Gasteiger partial charge in [0.05, 0.1) is 5.60 Å². The normalized spacial score (nSPS) is 24.5. The fraction of sp³-hybridized carbons (Fsp3) is 0.583. The number of anilines is 1. The Kier molecular flexibility index (Phi) is 5.71. The van der Waals surface area contributed by atoms with Crippen molar-refractivity contribution in [2.45, 2.75) is 37.3 Å². The Bertz CT molecular complexity index is 882. The molecule has 0 bridgehead atoms. The van der Waals surface area contributed by atoms with Crippen LogP contribution in [0.25, 0.3) is 0 Å². The van der Waals surface area contributed by atoms with E-state index in [9.17, 15) is 4.79 Å². The second-order valence-electron chi connectivity index (χ2n) is 9.17. The summed E-state index contributed by atoms with van der Waals surface area (Å²) in [6.45, 7) is 6.75. The molecule has 4 heterocycles. The first-order chi connectivity index (χ1) is 15.1. The van der Waals surface area contributed by atoms with E-state index in [2.05, 4.69) is 45.2 Å². The molecule has 1 atom stereocenters. The fourth-order valence-electron chi connectivity index (χ4n) is 5.51. The maximum Gasteiger partial charge on any atom is 0.272 e. The van der Waals surface area contributed by atoms with Crippen molar-refractivity contribution in [3.05, 3.63) is 48.3 Å². The number of aryl methyl sites for hydroxylation is 1. The van der Waals surface area contributed by atoms with E-state index in [1.807, 2.05) is 11.9 Å². The zero-order valence-corrected chi connectivity index (χ0v) is 18.4. The molecule has 31 heavy (non-hydrogen) atoms. The number of rotatable bonds is 3. The molecule has 0 radical (unpaired) electrons. The molecule has 1 spiro atoms. The molecule has 3 fully saturated rings. The van der Waals surface area contributed by atoms with Crippen LogP contribution in [0.1, 0.15) is 36.2 Å². The Hall–Kier alpha value is -2.38. The molecule has 3 aliphatic rings. The molecule has 166 valence electrons. The van der Waals surface area contributed by atoms with Crippen LogP contribution in [-0.4, -0.2) is 83.0 Å². The number of aromatic nitrogens is 2. The van der Waals surface area contributed by atoms with E-state index in [0.29, 0.717) is 11.7 Å². The van der Waals surface area contributed by atoms with Gasteiger partial charge in [0.1, 0.15) is 5.69 Å². The summed E-state index contributed by atoms with van der Waals surface area (Å²) >= 11 is 0. The van der Waals surface area contributed by atoms with Crippen molar-refractivity contribution in [2.75, 3.05) is 50.8 Å². The summed E-state index contributed by atoms with van der Waals surface area (Å²) in [5.41, 5.74) is 1.92. The highest BCUT2D eigenvalue weighted by Crippen LogP contribution is 2.37. The minimum Gasteiger partial charge on any atom is -0.375 e. The fourth-order valence-corrected chi connectivity index (χ4v) is 5.51. The quantitative estimate of drug-likeness (QED) is 0.759. The van der Waals surface area contributed by atoms with Crippen LogP contribution in [-0.2, 0) is 11.8 Å². The predicted octanol–water partition coefficient (Wildman–Crippen LogP) is 2.40. The Morgan fingerprint density at radius 2 is 1.77 bits per heavy atom. The number of carbonyl (C=O) groups is 1. The van der Waals surface area contributed by atoms with Gasteiger partial charge in [-0.15, -0.1) is 0 Å². The standard InChI is InChI=1S/C24H33N5O2/c1-26-22(7-11-25-26)23(30)29-12-9-24(10-13-29)19-21(8-18-31-24)28-16-14-27(15-17-28)20-5-3-2-4-6-20/h2-7,11,21H,8-10,12-19H2,1H3. The summed E-state index contributed by atoms with van der Waals surface area (Å²) in [4.78, 5) is 20.0. The van der Waals surface area contributed by atoms with Crippen molar-refractivity contribution in [1.82, 2.24) is 19.6 Å². The molecule has 7 nitrogen and oxygen atoms in total. The van der Waals surface area contributed by atoms with Crippen molar-refractivity contribution in [1.29, 1.82) is 0 Å². The van der Waals surface area contributed by atoms with E-state index >= 15 is 0 Å². The second-order valence-corrected chi connectivity index (χ2v) is 9.17. The van der Waals surface area contributed by atoms with Crippen molar-refractivity contribution in [2.24, 2.45) is 7.05 Å². The van der Waals surface area contributed by atoms with Gasteiger partial charge < -0.3 is 14.5 Å². The largest absolute Gasteiger partial charge is 0.375 e. The predicted molar refractivity (Wildman–Crippen MR) is 120 cm³/mol. The topological polar surface area (TPSA) is 53.8 Å². The second kappa shape index (κ2) is 8.63. The Labute approximate surface area is 184 Å². The van der Waals surface area contributed by atoms with Crippen molar-refractivity contribution in [3.8, 4) is 0 Å². The van der Waals surface area contributed by atoms with Gasteiger partial charge in [-0.25, -0.2) is 0 Å². The van der Waals surface area contributed by atoms with Gasteiger partial charge in [-0.1, -0.05) is 18.2 Å². The van der Waals surface area contributed by atoms with Gasteiger partial charge in [0.15, 0.2) is 0 Å². The smallest absolute Gasteiger partial charge is 0.272 e. The zero-order valence-electron chi connectivity index (χ0n) is 18.4. The average molecular weight is 424 g/mol. The number of para-hydroxylation sites is 1. The minimum atomic E-state index is -0.0667.